The van der Waals surface area contributed by atoms with Crippen LogP contribution in [0.4, 0.5) is 0 Å². The molecule has 4 heteroatoms. The van der Waals surface area contributed by atoms with Gasteiger partial charge in [0.05, 0.1) is 7.11 Å². The van der Waals surface area contributed by atoms with Crippen molar-refractivity contribution < 1.29 is 4.74 Å². The number of aromatic nitrogens is 1. The number of thiazole rings is 1. The minimum absolute atomic E-state index is 0.669. The molecule has 61 valence electrons. The average Bonchev–Trinajstić information content (AvgIpc) is 2.74. The van der Waals surface area contributed by atoms with Gasteiger partial charge in [-0.15, -0.1) is 22.7 Å². The van der Waals surface area contributed by atoms with Crippen LogP contribution in [-0.2, 0) is 0 Å². The molecule has 0 saturated heterocycles. The molecule has 2 aromatic heterocycles. The maximum Gasteiger partial charge on any atom is 0.233 e. The van der Waals surface area contributed by atoms with E-state index < -0.39 is 0 Å². The van der Waals surface area contributed by atoms with Crippen molar-refractivity contribution in [1.82, 2.24) is 4.98 Å². The van der Waals surface area contributed by atoms with E-state index >= 15 is 0 Å². The number of hydrogen-bond acceptors (Lipinski definition) is 4. The van der Waals surface area contributed by atoms with Crippen molar-refractivity contribution in [3.63, 3.8) is 0 Å². The predicted molar refractivity (Wildman–Crippen MR) is 50.8 cm³/mol. The van der Waals surface area contributed by atoms with E-state index in [1.165, 1.54) is 16.2 Å². The van der Waals surface area contributed by atoms with Crippen LogP contribution in [0.1, 0.15) is 0 Å². The van der Waals surface area contributed by atoms with E-state index in [2.05, 4.69) is 16.6 Å². The van der Waals surface area contributed by atoms with Crippen LogP contribution in [-0.4, -0.2) is 12.1 Å². The highest BCUT2D eigenvalue weighted by Gasteiger charge is 2.09. The second kappa shape index (κ2) is 3.25. The lowest BCUT2D eigenvalue weighted by Gasteiger charge is -1.95. The van der Waals surface area contributed by atoms with Gasteiger partial charge in [0, 0.05) is 4.88 Å². The monoisotopic (exact) mass is 196 g/mol. The van der Waals surface area contributed by atoms with Crippen LogP contribution in [0.2, 0.25) is 0 Å². The van der Waals surface area contributed by atoms with Crippen molar-refractivity contribution in [2.24, 2.45) is 0 Å². The van der Waals surface area contributed by atoms with Crippen molar-refractivity contribution in [3.05, 3.63) is 23.0 Å². The van der Waals surface area contributed by atoms with Crippen LogP contribution in [0, 0.1) is 5.51 Å². The third-order valence-electron chi connectivity index (χ3n) is 1.43. The van der Waals surface area contributed by atoms with Crippen LogP contribution in [0.25, 0.3) is 9.75 Å². The van der Waals surface area contributed by atoms with E-state index in [1.54, 1.807) is 18.4 Å². The van der Waals surface area contributed by atoms with Gasteiger partial charge in [-0.3, -0.25) is 0 Å². The molecule has 0 atom stereocenters. The van der Waals surface area contributed by atoms with Gasteiger partial charge in [-0.1, -0.05) is 6.07 Å². The van der Waals surface area contributed by atoms with Gasteiger partial charge in [-0.05, 0) is 11.4 Å². The molecule has 2 nitrogen and oxygen atoms in total. The molecule has 0 bridgehead atoms. The largest absolute Gasteiger partial charge is 0.480 e. The Morgan fingerprint density at radius 1 is 1.58 bits per heavy atom. The SMILES string of the molecule is COc1n[c]sc1-c1cccs1. The fraction of sp³-hybridized carbons (Fsp3) is 0.125. The molecule has 12 heavy (non-hydrogen) atoms. The lowest BCUT2D eigenvalue weighted by molar-refractivity contribution is 0.402. The average molecular weight is 196 g/mol. The molecule has 0 spiro atoms. The third-order valence-corrected chi connectivity index (χ3v) is 3.23. The quantitative estimate of drug-likeness (QED) is 0.736. The van der Waals surface area contributed by atoms with Gasteiger partial charge in [-0.2, -0.15) is 4.98 Å². The van der Waals surface area contributed by atoms with Crippen LogP contribution in [0.5, 0.6) is 5.88 Å². The van der Waals surface area contributed by atoms with Crippen LogP contribution >= 0.6 is 22.7 Å². The van der Waals surface area contributed by atoms with Gasteiger partial charge in [0.1, 0.15) is 4.88 Å². The summed E-state index contributed by atoms with van der Waals surface area (Å²) in [5.41, 5.74) is 2.81. The van der Waals surface area contributed by atoms with Crippen LogP contribution in [0.3, 0.4) is 0 Å². The lowest BCUT2D eigenvalue weighted by atomic mass is 10.4. The highest BCUT2D eigenvalue weighted by Crippen LogP contribution is 2.35. The first-order valence-corrected chi connectivity index (χ1v) is 5.06. The number of rotatable bonds is 2. The minimum Gasteiger partial charge on any atom is -0.480 e. The fourth-order valence-electron chi connectivity index (χ4n) is 0.906. The first kappa shape index (κ1) is 7.76. The molecule has 0 saturated carbocycles. The molecule has 0 amide bonds. The molecular weight excluding hydrogens is 190 g/mol. The Kier molecular flexibility index (Phi) is 2.10. The summed E-state index contributed by atoms with van der Waals surface area (Å²) in [6.07, 6.45) is 0. The molecule has 0 aliphatic rings. The number of hydrogen-bond donors (Lipinski definition) is 0. The van der Waals surface area contributed by atoms with Gasteiger partial charge >= 0.3 is 0 Å². The van der Waals surface area contributed by atoms with Crippen molar-refractivity contribution in [2.75, 3.05) is 7.11 Å². The van der Waals surface area contributed by atoms with E-state index in [0.29, 0.717) is 5.88 Å². The summed E-state index contributed by atoms with van der Waals surface area (Å²) >= 11 is 3.16. The maximum absolute atomic E-state index is 5.08. The molecule has 0 aromatic carbocycles. The number of methoxy groups -OCH3 is 1. The Balaban J connectivity index is 2.46. The molecule has 0 aliphatic heterocycles. The zero-order valence-corrected chi connectivity index (χ0v) is 8.04. The van der Waals surface area contributed by atoms with Gasteiger partial charge in [0.2, 0.25) is 5.88 Å². The van der Waals surface area contributed by atoms with Gasteiger partial charge in [-0.25, -0.2) is 0 Å². The first-order chi connectivity index (χ1) is 5.92. The molecule has 0 N–H and O–H groups in total. The maximum atomic E-state index is 5.08. The van der Waals surface area contributed by atoms with Crippen molar-refractivity contribution in [1.29, 1.82) is 0 Å². The van der Waals surface area contributed by atoms with Crippen molar-refractivity contribution in [2.45, 2.75) is 0 Å². The molecule has 0 fully saturated rings. The fourth-order valence-corrected chi connectivity index (χ4v) is 2.44. The van der Waals surface area contributed by atoms with E-state index in [4.69, 9.17) is 4.74 Å². The smallest absolute Gasteiger partial charge is 0.233 e. The van der Waals surface area contributed by atoms with Crippen molar-refractivity contribution in [3.8, 4) is 15.6 Å². The Morgan fingerprint density at radius 3 is 3.17 bits per heavy atom. The van der Waals surface area contributed by atoms with Gasteiger partial charge in [0.25, 0.3) is 0 Å². The zero-order chi connectivity index (χ0) is 8.39. The standard InChI is InChI=1S/C8H6NOS2/c1-10-8-7(12-5-9-8)6-3-2-4-11-6/h2-4H,1H3. The number of nitrogens with zero attached hydrogens (tertiary/aromatic N) is 1. The zero-order valence-electron chi connectivity index (χ0n) is 6.40. The Morgan fingerprint density at radius 2 is 2.50 bits per heavy atom. The minimum atomic E-state index is 0.669. The Bertz CT molecular complexity index is 353. The third kappa shape index (κ3) is 1.23. The molecule has 1 radical (unpaired) electrons. The molecule has 2 heterocycles. The van der Waals surface area contributed by atoms with Gasteiger partial charge < -0.3 is 4.74 Å². The second-order valence-electron chi connectivity index (χ2n) is 2.12. The van der Waals surface area contributed by atoms with E-state index in [-0.39, 0.29) is 0 Å². The summed E-state index contributed by atoms with van der Waals surface area (Å²) in [6, 6.07) is 4.06. The normalized spacial score (nSPS) is 10.1. The topological polar surface area (TPSA) is 22.1 Å². The highest BCUT2D eigenvalue weighted by molar-refractivity contribution is 7.20. The predicted octanol–water partition coefficient (Wildman–Crippen LogP) is 2.68. The Hall–Kier alpha value is -0.870. The highest BCUT2D eigenvalue weighted by atomic mass is 32.1. The second-order valence-corrected chi connectivity index (χ2v) is 3.86. The number of ether oxygens (including phenoxy) is 1. The summed E-state index contributed by atoms with van der Waals surface area (Å²) in [7, 11) is 1.62. The van der Waals surface area contributed by atoms with E-state index in [1.807, 2.05) is 11.4 Å². The summed E-state index contributed by atoms with van der Waals surface area (Å²) in [4.78, 5) is 6.22. The summed E-state index contributed by atoms with van der Waals surface area (Å²) < 4.78 is 5.08. The molecule has 2 rings (SSSR count). The Labute approximate surface area is 78.5 Å². The summed E-state index contributed by atoms with van der Waals surface area (Å²) in [5, 5.41) is 2.04. The molecule has 0 aliphatic carbocycles. The van der Waals surface area contributed by atoms with Crippen LogP contribution < -0.4 is 4.74 Å². The van der Waals surface area contributed by atoms with Crippen molar-refractivity contribution >= 4 is 22.7 Å². The summed E-state index contributed by atoms with van der Waals surface area (Å²) in [6.45, 7) is 0. The number of thiophene rings is 1. The molecule has 2 aromatic rings. The molecule has 0 unspecified atom stereocenters. The van der Waals surface area contributed by atoms with E-state index in [0.717, 1.165) is 4.88 Å². The van der Waals surface area contributed by atoms with Gasteiger partial charge in [0.15, 0.2) is 5.51 Å². The molecular formula is C8H6NOS2. The van der Waals surface area contributed by atoms with E-state index in [9.17, 15) is 0 Å². The summed E-state index contributed by atoms with van der Waals surface area (Å²) in [5.74, 6) is 0.669. The first-order valence-electron chi connectivity index (χ1n) is 3.36. The van der Waals surface area contributed by atoms with Crippen LogP contribution in [0.15, 0.2) is 17.5 Å². The lowest BCUT2D eigenvalue weighted by Crippen LogP contribution is -1.82.